The monoisotopic (exact) mass is 339 g/mol. The molecular weight excluding hydrogens is 318 g/mol. The van der Waals surface area contributed by atoms with E-state index in [2.05, 4.69) is 33.2 Å². The lowest BCUT2D eigenvalue weighted by molar-refractivity contribution is 0.0601. The Labute approximate surface area is 129 Å². The Morgan fingerprint density at radius 2 is 2.35 bits per heavy atom. The first-order valence-corrected chi connectivity index (χ1v) is 8.11. The lowest BCUT2D eigenvalue weighted by Gasteiger charge is -2.36. The lowest BCUT2D eigenvalue weighted by atomic mass is 9.97. The van der Waals surface area contributed by atoms with Gasteiger partial charge in [0, 0.05) is 30.3 Å². The maximum atomic E-state index is 12.8. The van der Waals surface area contributed by atoms with Crippen molar-refractivity contribution in [1.82, 2.24) is 9.88 Å². The van der Waals surface area contributed by atoms with Gasteiger partial charge in [-0.15, -0.1) is 0 Å². The molecular formula is C15H22BrN3O. The third kappa shape index (κ3) is 3.32. The zero-order valence-corrected chi connectivity index (χ0v) is 13.7. The highest BCUT2D eigenvalue weighted by atomic mass is 79.9. The summed E-state index contributed by atoms with van der Waals surface area (Å²) in [7, 11) is 1.80. The molecule has 1 fully saturated rings. The second-order valence-corrected chi connectivity index (χ2v) is 6.15. The van der Waals surface area contributed by atoms with Crippen molar-refractivity contribution in [3.63, 3.8) is 0 Å². The zero-order valence-electron chi connectivity index (χ0n) is 12.2. The first kappa shape index (κ1) is 15.3. The van der Waals surface area contributed by atoms with Gasteiger partial charge in [-0.05, 0) is 47.7 Å². The highest BCUT2D eigenvalue weighted by Gasteiger charge is 2.28. The number of nitrogens with zero attached hydrogens (tertiary/aromatic N) is 2. The molecule has 1 unspecified atom stereocenters. The predicted octanol–water partition coefficient (Wildman–Crippen LogP) is 3.68. The van der Waals surface area contributed by atoms with Crippen LogP contribution in [0, 0.1) is 0 Å². The van der Waals surface area contributed by atoms with Crippen molar-refractivity contribution in [1.29, 1.82) is 0 Å². The average molecular weight is 340 g/mol. The van der Waals surface area contributed by atoms with Gasteiger partial charge < -0.3 is 10.2 Å². The molecule has 0 radical (unpaired) electrons. The van der Waals surface area contributed by atoms with E-state index in [1.165, 1.54) is 6.42 Å². The molecule has 1 aliphatic rings. The Morgan fingerprint density at radius 3 is 3.05 bits per heavy atom. The van der Waals surface area contributed by atoms with Gasteiger partial charge in [0.2, 0.25) is 0 Å². The maximum absolute atomic E-state index is 12.8. The molecule has 0 bridgehead atoms. The highest BCUT2D eigenvalue weighted by Crippen LogP contribution is 2.26. The van der Waals surface area contributed by atoms with Crippen LogP contribution in [-0.2, 0) is 0 Å². The molecule has 2 heterocycles. The molecule has 0 saturated carbocycles. The molecule has 1 aromatic rings. The number of piperidine rings is 1. The van der Waals surface area contributed by atoms with Gasteiger partial charge in [0.25, 0.3) is 5.91 Å². The number of carbonyl (C=O) groups is 1. The molecule has 20 heavy (non-hydrogen) atoms. The molecule has 1 amide bonds. The third-order valence-electron chi connectivity index (χ3n) is 3.83. The van der Waals surface area contributed by atoms with Crippen molar-refractivity contribution >= 4 is 27.7 Å². The summed E-state index contributed by atoms with van der Waals surface area (Å²) < 4.78 is 0.837. The Bertz CT molecular complexity index is 476. The van der Waals surface area contributed by atoms with Crippen LogP contribution in [0.2, 0.25) is 0 Å². The smallest absolute Gasteiger partial charge is 0.257 e. The number of nitrogens with one attached hydrogen (secondary N) is 1. The molecule has 1 aliphatic heterocycles. The van der Waals surface area contributed by atoms with Gasteiger partial charge in [-0.1, -0.05) is 13.3 Å². The average Bonchev–Trinajstić information content (AvgIpc) is 2.47. The maximum Gasteiger partial charge on any atom is 0.257 e. The molecule has 0 aromatic carbocycles. The SMILES string of the molecule is CCCC1CCCCN1C(=O)c1cc(Br)cnc1NC. The summed E-state index contributed by atoms with van der Waals surface area (Å²) in [6.45, 7) is 3.04. The van der Waals surface area contributed by atoms with E-state index in [0.29, 0.717) is 17.4 Å². The number of pyridine rings is 1. The number of anilines is 1. The lowest BCUT2D eigenvalue weighted by Crippen LogP contribution is -2.43. The largest absolute Gasteiger partial charge is 0.372 e. The normalized spacial score (nSPS) is 18.9. The van der Waals surface area contributed by atoms with E-state index < -0.39 is 0 Å². The third-order valence-corrected chi connectivity index (χ3v) is 4.27. The number of hydrogen-bond acceptors (Lipinski definition) is 3. The van der Waals surface area contributed by atoms with Crippen molar-refractivity contribution in [2.45, 2.75) is 45.1 Å². The van der Waals surface area contributed by atoms with Gasteiger partial charge in [-0.3, -0.25) is 4.79 Å². The minimum absolute atomic E-state index is 0.0984. The van der Waals surface area contributed by atoms with Gasteiger partial charge >= 0.3 is 0 Å². The Kier molecular flexibility index (Phi) is 5.40. The summed E-state index contributed by atoms with van der Waals surface area (Å²) in [5.74, 6) is 0.750. The zero-order chi connectivity index (χ0) is 14.5. The number of carbonyl (C=O) groups excluding carboxylic acids is 1. The number of likely N-dealkylation sites (tertiary alicyclic amines) is 1. The number of hydrogen-bond donors (Lipinski definition) is 1. The molecule has 1 aromatic heterocycles. The number of rotatable bonds is 4. The second kappa shape index (κ2) is 7.07. The second-order valence-electron chi connectivity index (χ2n) is 5.24. The fourth-order valence-electron chi connectivity index (χ4n) is 2.86. The molecule has 110 valence electrons. The van der Waals surface area contributed by atoms with E-state index in [9.17, 15) is 4.79 Å². The van der Waals surface area contributed by atoms with Crippen molar-refractivity contribution in [2.24, 2.45) is 0 Å². The van der Waals surface area contributed by atoms with E-state index in [1.54, 1.807) is 13.2 Å². The molecule has 1 N–H and O–H groups in total. The van der Waals surface area contributed by atoms with Crippen molar-refractivity contribution < 1.29 is 4.79 Å². The summed E-state index contributed by atoms with van der Waals surface area (Å²) in [6.07, 6.45) is 7.36. The molecule has 4 nitrogen and oxygen atoms in total. The van der Waals surface area contributed by atoms with Crippen LogP contribution in [0.1, 0.15) is 49.4 Å². The van der Waals surface area contributed by atoms with E-state index in [-0.39, 0.29) is 5.91 Å². The molecule has 5 heteroatoms. The predicted molar refractivity (Wildman–Crippen MR) is 85.1 cm³/mol. The van der Waals surface area contributed by atoms with Gasteiger partial charge in [0.1, 0.15) is 5.82 Å². The van der Waals surface area contributed by atoms with E-state index >= 15 is 0 Å². The van der Waals surface area contributed by atoms with Crippen LogP contribution >= 0.6 is 15.9 Å². The van der Waals surface area contributed by atoms with Crippen molar-refractivity contribution in [2.75, 3.05) is 18.9 Å². The van der Waals surface area contributed by atoms with E-state index in [0.717, 1.165) is 36.7 Å². The van der Waals surface area contributed by atoms with Crippen LogP contribution in [0.15, 0.2) is 16.7 Å². The number of halogens is 1. The Morgan fingerprint density at radius 1 is 1.55 bits per heavy atom. The molecule has 1 saturated heterocycles. The standard InChI is InChI=1S/C15H22BrN3O/c1-3-6-12-7-4-5-8-19(12)15(20)13-9-11(16)10-18-14(13)17-2/h9-10,12H,3-8H2,1-2H3,(H,17,18). The minimum Gasteiger partial charge on any atom is -0.372 e. The molecule has 0 spiro atoms. The summed E-state index contributed by atoms with van der Waals surface area (Å²) >= 11 is 3.40. The summed E-state index contributed by atoms with van der Waals surface area (Å²) in [4.78, 5) is 19.2. The van der Waals surface area contributed by atoms with Gasteiger partial charge in [-0.25, -0.2) is 4.98 Å². The van der Waals surface area contributed by atoms with Gasteiger partial charge in [0.15, 0.2) is 0 Å². The first-order chi connectivity index (χ1) is 9.67. The Balaban J connectivity index is 2.26. The summed E-state index contributed by atoms with van der Waals surface area (Å²) in [5.41, 5.74) is 0.657. The van der Waals surface area contributed by atoms with Gasteiger partial charge in [0.05, 0.1) is 5.56 Å². The van der Waals surface area contributed by atoms with E-state index in [4.69, 9.17) is 0 Å². The fraction of sp³-hybridized carbons (Fsp3) is 0.600. The van der Waals surface area contributed by atoms with Crippen LogP contribution in [0.5, 0.6) is 0 Å². The van der Waals surface area contributed by atoms with Gasteiger partial charge in [-0.2, -0.15) is 0 Å². The van der Waals surface area contributed by atoms with Crippen LogP contribution < -0.4 is 5.32 Å². The van der Waals surface area contributed by atoms with Crippen LogP contribution in [-0.4, -0.2) is 35.4 Å². The number of aromatic nitrogens is 1. The van der Waals surface area contributed by atoms with Crippen molar-refractivity contribution in [3.8, 4) is 0 Å². The fourth-order valence-corrected chi connectivity index (χ4v) is 3.19. The summed E-state index contributed by atoms with van der Waals surface area (Å²) in [6, 6.07) is 2.24. The number of amides is 1. The Hall–Kier alpha value is -1.10. The minimum atomic E-state index is 0.0984. The summed E-state index contributed by atoms with van der Waals surface area (Å²) in [5, 5.41) is 3.01. The highest BCUT2D eigenvalue weighted by molar-refractivity contribution is 9.10. The van der Waals surface area contributed by atoms with Crippen LogP contribution in [0.4, 0.5) is 5.82 Å². The van der Waals surface area contributed by atoms with Crippen molar-refractivity contribution in [3.05, 3.63) is 22.3 Å². The van der Waals surface area contributed by atoms with E-state index in [1.807, 2.05) is 11.0 Å². The topological polar surface area (TPSA) is 45.2 Å². The quantitative estimate of drug-likeness (QED) is 0.909. The van der Waals surface area contributed by atoms with Crippen LogP contribution in [0.3, 0.4) is 0 Å². The first-order valence-electron chi connectivity index (χ1n) is 7.31. The van der Waals surface area contributed by atoms with Crippen LogP contribution in [0.25, 0.3) is 0 Å². The molecule has 0 aliphatic carbocycles. The molecule has 1 atom stereocenters. The molecule has 2 rings (SSSR count).